The molecule has 1 aliphatic carbocycles. The Kier molecular flexibility index (Phi) is 5.78. The molecule has 1 heterocycles. The molecule has 0 radical (unpaired) electrons. The van der Waals surface area contributed by atoms with E-state index in [9.17, 15) is 9.90 Å². The number of likely N-dealkylation sites (tertiary alicyclic amines) is 1. The van der Waals surface area contributed by atoms with Crippen molar-refractivity contribution in [2.75, 3.05) is 13.1 Å². The van der Waals surface area contributed by atoms with Crippen LogP contribution in [0.4, 0.5) is 0 Å². The predicted molar refractivity (Wildman–Crippen MR) is 115 cm³/mol. The van der Waals surface area contributed by atoms with Gasteiger partial charge < -0.3 is 9.84 Å². The molecule has 2 aromatic carbocycles. The number of hydrogen-bond acceptors (Lipinski definition) is 3. The van der Waals surface area contributed by atoms with Gasteiger partial charge in [-0.3, -0.25) is 9.69 Å². The van der Waals surface area contributed by atoms with Gasteiger partial charge in [0, 0.05) is 21.7 Å². The summed E-state index contributed by atoms with van der Waals surface area (Å²) in [5.74, 6) is 0.141. The normalized spacial score (nSPS) is 21.0. The van der Waals surface area contributed by atoms with Crippen molar-refractivity contribution in [3.05, 3.63) is 63.1 Å². The molecule has 29 heavy (non-hydrogen) atoms. The van der Waals surface area contributed by atoms with Crippen LogP contribution < -0.4 is 4.74 Å². The maximum absolute atomic E-state index is 11.5. The van der Waals surface area contributed by atoms with E-state index in [1.807, 2.05) is 31.2 Å². The molecule has 1 fully saturated rings. The number of aryl methyl sites for hydroxylation is 1. The van der Waals surface area contributed by atoms with Gasteiger partial charge in [-0.1, -0.05) is 35.3 Å². The van der Waals surface area contributed by atoms with Gasteiger partial charge in [0.15, 0.2) is 0 Å². The quantitative estimate of drug-likeness (QED) is 0.652. The number of hydrogen-bond donors (Lipinski definition) is 1. The molecule has 6 heteroatoms. The van der Waals surface area contributed by atoms with Crippen molar-refractivity contribution in [1.82, 2.24) is 4.90 Å². The Bertz CT molecular complexity index is 902. The number of halogens is 2. The van der Waals surface area contributed by atoms with Crippen LogP contribution in [0.2, 0.25) is 10.0 Å². The zero-order valence-electron chi connectivity index (χ0n) is 16.5. The molecule has 1 saturated heterocycles. The van der Waals surface area contributed by atoms with Crippen LogP contribution in [-0.4, -0.2) is 29.1 Å². The summed E-state index contributed by atoms with van der Waals surface area (Å²) in [7, 11) is 0. The van der Waals surface area contributed by atoms with Crippen molar-refractivity contribution in [2.45, 2.75) is 45.3 Å². The smallest absolute Gasteiger partial charge is 0.309 e. The standard InChI is InChI=1S/C23H25Cl2NO3/c1-23(22(27)28)9-11-26(12-10-23)21-8-5-15-13-16(6-7-17(15)21)29-14-18-19(24)3-2-4-20(18)25/h2-4,6-7,13,21H,5,8-12,14H2,1H3,(H,27,28). The van der Waals surface area contributed by atoms with Gasteiger partial charge in [0.25, 0.3) is 0 Å². The van der Waals surface area contributed by atoms with E-state index >= 15 is 0 Å². The van der Waals surface area contributed by atoms with E-state index in [-0.39, 0.29) is 0 Å². The van der Waals surface area contributed by atoms with Crippen molar-refractivity contribution >= 4 is 29.2 Å². The van der Waals surface area contributed by atoms with Gasteiger partial charge in [0.1, 0.15) is 12.4 Å². The average molecular weight is 434 g/mol. The van der Waals surface area contributed by atoms with Crippen molar-refractivity contribution in [3.63, 3.8) is 0 Å². The molecule has 0 aromatic heterocycles. The second-order valence-corrected chi connectivity index (χ2v) is 9.12. The first-order chi connectivity index (χ1) is 13.9. The van der Waals surface area contributed by atoms with Crippen molar-refractivity contribution < 1.29 is 14.6 Å². The fourth-order valence-corrected chi connectivity index (χ4v) is 4.92. The zero-order valence-corrected chi connectivity index (χ0v) is 18.0. The van der Waals surface area contributed by atoms with Gasteiger partial charge in [-0.25, -0.2) is 0 Å². The van der Waals surface area contributed by atoms with Crippen LogP contribution in [-0.2, 0) is 17.8 Å². The molecule has 0 bridgehead atoms. The molecule has 0 saturated carbocycles. The number of carboxylic acids is 1. The molecule has 2 aromatic rings. The molecule has 1 unspecified atom stereocenters. The lowest BCUT2D eigenvalue weighted by molar-refractivity contribution is -0.151. The summed E-state index contributed by atoms with van der Waals surface area (Å²) in [5, 5.41) is 10.7. The van der Waals surface area contributed by atoms with Gasteiger partial charge in [0.2, 0.25) is 0 Å². The summed E-state index contributed by atoms with van der Waals surface area (Å²) in [6.45, 7) is 3.86. The van der Waals surface area contributed by atoms with E-state index in [1.165, 1.54) is 11.1 Å². The minimum Gasteiger partial charge on any atom is -0.489 e. The van der Waals surface area contributed by atoms with Gasteiger partial charge in [0.05, 0.1) is 5.41 Å². The van der Waals surface area contributed by atoms with Gasteiger partial charge in [-0.15, -0.1) is 0 Å². The Morgan fingerprint density at radius 1 is 1.21 bits per heavy atom. The number of fused-ring (bicyclic) bond motifs is 1. The van der Waals surface area contributed by atoms with Crippen LogP contribution in [0, 0.1) is 5.41 Å². The predicted octanol–water partition coefficient (Wildman–Crippen LogP) is 5.75. The lowest BCUT2D eigenvalue weighted by Gasteiger charge is -2.39. The minimum absolute atomic E-state index is 0.334. The molecular weight excluding hydrogens is 409 g/mol. The van der Waals surface area contributed by atoms with E-state index in [2.05, 4.69) is 17.0 Å². The summed E-state index contributed by atoms with van der Waals surface area (Å²) < 4.78 is 5.97. The van der Waals surface area contributed by atoms with E-state index in [0.717, 1.165) is 37.2 Å². The summed E-state index contributed by atoms with van der Waals surface area (Å²) in [4.78, 5) is 13.9. The number of benzene rings is 2. The molecule has 154 valence electrons. The molecule has 0 spiro atoms. The molecule has 0 amide bonds. The molecule has 1 aliphatic heterocycles. The Hall–Kier alpha value is -1.75. The number of carboxylic acid groups (broad SMARTS) is 1. The maximum atomic E-state index is 11.5. The Balaban J connectivity index is 1.43. The zero-order chi connectivity index (χ0) is 20.6. The highest BCUT2D eigenvalue weighted by Gasteiger charge is 2.39. The largest absolute Gasteiger partial charge is 0.489 e. The van der Waals surface area contributed by atoms with E-state index in [1.54, 1.807) is 0 Å². The Labute approximate surface area is 181 Å². The van der Waals surface area contributed by atoms with E-state index in [4.69, 9.17) is 27.9 Å². The first kappa shape index (κ1) is 20.5. The summed E-state index contributed by atoms with van der Waals surface area (Å²) in [6, 6.07) is 12.1. The number of carbonyl (C=O) groups is 1. The molecule has 4 nitrogen and oxygen atoms in total. The molecule has 1 N–H and O–H groups in total. The number of piperidine rings is 1. The number of nitrogens with zero attached hydrogens (tertiary/aromatic N) is 1. The monoisotopic (exact) mass is 433 g/mol. The summed E-state index contributed by atoms with van der Waals surface area (Å²) in [6.07, 6.45) is 3.48. The fraction of sp³-hybridized carbons (Fsp3) is 0.435. The minimum atomic E-state index is -0.676. The van der Waals surface area contributed by atoms with E-state index in [0.29, 0.717) is 35.5 Å². The van der Waals surface area contributed by atoms with Crippen LogP contribution >= 0.6 is 23.2 Å². The third-order valence-electron chi connectivity index (χ3n) is 6.46. The molecule has 4 rings (SSSR count). The van der Waals surface area contributed by atoms with Crippen LogP contribution in [0.25, 0.3) is 0 Å². The van der Waals surface area contributed by atoms with Crippen LogP contribution in [0.15, 0.2) is 36.4 Å². The number of aliphatic carboxylic acids is 1. The highest BCUT2D eigenvalue weighted by Crippen LogP contribution is 2.41. The lowest BCUT2D eigenvalue weighted by atomic mass is 9.80. The number of rotatable bonds is 5. The van der Waals surface area contributed by atoms with Gasteiger partial charge in [-0.05, 0) is 81.1 Å². The SMILES string of the molecule is CC1(C(=O)O)CCN(C2CCc3cc(OCc4c(Cl)cccc4Cl)ccc32)CC1. The van der Waals surface area contributed by atoms with Crippen LogP contribution in [0.3, 0.4) is 0 Å². The van der Waals surface area contributed by atoms with Crippen molar-refractivity contribution in [1.29, 1.82) is 0 Å². The maximum Gasteiger partial charge on any atom is 0.309 e. The molecule has 1 atom stereocenters. The van der Waals surface area contributed by atoms with E-state index < -0.39 is 11.4 Å². The lowest BCUT2D eigenvalue weighted by Crippen LogP contribution is -2.43. The first-order valence-corrected chi connectivity index (χ1v) is 10.8. The second-order valence-electron chi connectivity index (χ2n) is 8.31. The third-order valence-corrected chi connectivity index (χ3v) is 7.17. The third kappa shape index (κ3) is 4.11. The van der Waals surface area contributed by atoms with Crippen molar-refractivity contribution in [2.24, 2.45) is 5.41 Å². The molecule has 2 aliphatic rings. The Morgan fingerprint density at radius 2 is 1.90 bits per heavy atom. The average Bonchev–Trinajstić information content (AvgIpc) is 3.11. The first-order valence-electron chi connectivity index (χ1n) is 10.0. The van der Waals surface area contributed by atoms with Crippen LogP contribution in [0.1, 0.15) is 48.9 Å². The Morgan fingerprint density at radius 3 is 2.55 bits per heavy atom. The van der Waals surface area contributed by atoms with Crippen molar-refractivity contribution in [3.8, 4) is 5.75 Å². The van der Waals surface area contributed by atoms with Gasteiger partial charge in [-0.2, -0.15) is 0 Å². The van der Waals surface area contributed by atoms with Gasteiger partial charge >= 0.3 is 5.97 Å². The summed E-state index contributed by atoms with van der Waals surface area (Å²) in [5.41, 5.74) is 2.86. The highest BCUT2D eigenvalue weighted by atomic mass is 35.5. The number of ether oxygens (including phenoxy) is 1. The highest BCUT2D eigenvalue weighted by molar-refractivity contribution is 6.35. The fourth-order valence-electron chi connectivity index (χ4n) is 4.41. The summed E-state index contributed by atoms with van der Waals surface area (Å²) >= 11 is 12.5. The molecular formula is C23H25Cl2NO3. The van der Waals surface area contributed by atoms with Crippen LogP contribution in [0.5, 0.6) is 5.75 Å². The second kappa shape index (κ2) is 8.17. The topological polar surface area (TPSA) is 49.8 Å².